The molecule has 120 valence electrons. The Bertz CT molecular complexity index is 534. The number of hydrogen-bond acceptors (Lipinski definition) is 2. The van der Waals surface area contributed by atoms with Crippen molar-refractivity contribution in [2.75, 3.05) is 0 Å². The highest BCUT2D eigenvalue weighted by Crippen LogP contribution is 2.34. The molecule has 3 nitrogen and oxygen atoms in total. The van der Waals surface area contributed by atoms with Gasteiger partial charge in [0.2, 0.25) is 5.91 Å². The third-order valence-electron chi connectivity index (χ3n) is 5.31. The van der Waals surface area contributed by atoms with Gasteiger partial charge in [-0.05, 0) is 41.9 Å². The van der Waals surface area contributed by atoms with Crippen molar-refractivity contribution in [2.24, 2.45) is 11.7 Å². The Hall–Kier alpha value is -1.35. The van der Waals surface area contributed by atoms with E-state index in [9.17, 15) is 4.79 Å². The van der Waals surface area contributed by atoms with Crippen LogP contribution in [0.2, 0.25) is 0 Å². The van der Waals surface area contributed by atoms with E-state index in [0.717, 1.165) is 19.5 Å². The zero-order chi connectivity index (χ0) is 15.5. The highest BCUT2D eigenvalue weighted by Gasteiger charge is 2.26. The molecular formula is C19H28N2O. The molecule has 2 N–H and O–H groups in total. The molecule has 1 aliphatic carbocycles. The first-order valence-electron chi connectivity index (χ1n) is 8.84. The van der Waals surface area contributed by atoms with E-state index in [1.165, 1.54) is 48.8 Å². The van der Waals surface area contributed by atoms with Crippen molar-refractivity contribution in [3.05, 3.63) is 34.9 Å². The minimum absolute atomic E-state index is 0.158. The number of amides is 1. The van der Waals surface area contributed by atoms with Crippen molar-refractivity contribution >= 4 is 5.91 Å². The third-order valence-corrected chi connectivity index (χ3v) is 5.31. The van der Waals surface area contributed by atoms with Crippen LogP contribution >= 0.6 is 0 Å². The van der Waals surface area contributed by atoms with Gasteiger partial charge in [0.05, 0.1) is 0 Å². The van der Waals surface area contributed by atoms with E-state index in [-0.39, 0.29) is 11.9 Å². The van der Waals surface area contributed by atoms with Gasteiger partial charge in [-0.2, -0.15) is 0 Å². The van der Waals surface area contributed by atoms with Gasteiger partial charge in [-0.1, -0.05) is 44.4 Å². The van der Waals surface area contributed by atoms with Crippen molar-refractivity contribution in [3.63, 3.8) is 0 Å². The molecule has 1 unspecified atom stereocenters. The molecule has 1 fully saturated rings. The van der Waals surface area contributed by atoms with Crippen LogP contribution in [0.25, 0.3) is 0 Å². The normalized spacial score (nSPS) is 20.0. The van der Waals surface area contributed by atoms with Gasteiger partial charge in [-0.15, -0.1) is 0 Å². The predicted molar refractivity (Wildman–Crippen MR) is 89.1 cm³/mol. The summed E-state index contributed by atoms with van der Waals surface area (Å²) < 4.78 is 0. The third kappa shape index (κ3) is 3.19. The number of carbonyl (C=O) groups excluding carboxylic acids is 1. The van der Waals surface area contributed by atoms with Gasteiger partial charge < -0.3 is 10.6 Å². The number of benzene rings is 1. The SMILES string of the molecule is CCCC(=O)N1Cc2ccc(C(N)C3CCCCC3)cc2C1. The smallest absolute Gasteiger partial charge is 0.223 e. The summed E-state index contributed by atoms with van der Waals surface area (Å²) in [5.41, 5.74) is 10.4. The Morgan fingerprint density at radius 1 is 1.23 bits per heavy atom. The van der Waals surface area contributed by atoms with Gasteiger partial charge in [0.1, 0.15) is 0 Å². The van der Waals surface area contributed by atoms with Crippen LogP contribution < -0.4 is 5.73 Å². The van der Waals surface area contributed by atoms with Gasteiger partial charge in [-0.3, -0.25) is 4.79 Å². The standard InChI is InChI=1S/C19H28N2O/c1-2-6-18(22)21-12-16-10-9-15(11-17(16)13-21)19(20)14-7-4-3-5-8-14/h9-11,14,19H,2-8,12-13,20H2,1H3. The van der Waals surface area contributed by atoms with Crippen LogP contribution in [0.1, 0.15) is 74.6 Å². The highest BCUT2D eigenvalue weighted by molar-refractivity contribution is 5.76. The van der Waals surface area contributed by atoms with Crippen LogP contribution in [0.3, 0.4) is 0 Å². The molecule has 1 saturated carbocycles. The number of nitrogens with zero attached hydrogens (tertiary/aromatic N) is 1. The van der Waals surface area contributed by atoms with Crippen LogP contribution in [-0.2, 0) is 17.9 Å². The summed E-state index contributed by atoms with van der Waals surface area (Å²) in [5.74, 6) is 0.905. The molecule has 3 heteroatoms. The topological polar surface area (TPSA) is 46.3 Å². The van der Waals surface area contributed by atoms with Crippen LogP contribution in [0.4, 0.5) is 0 Å². The molecular weight excluding hydrogens is 272 g/mol. The monoisotopic (exact) mass is 300 g/mol. The zero-order valence-electron chi connectivity index (χ0n) is 13.7. The second-order valence-electron chi connectivity index (χ2n) is 6.95. The summed E-state index contributed by atoms with van der Waals surface area (Å²) >= 11 is 0. The molecule has 22 heavy (non-hydrogen) atoms. The summed E-state index contributed by atoms with van der Waals surface area (Å²) in [6.07, 6.45) is 8.11. The van der Waals surface area contributed by atoms with Crippen LogP contribution in [0.5, 0.6) is 0 Å². The first-order valence-corrected chi connectivity index (χ1v) is 8.84. The molecule has 1 aromatic carbocycles. The first-order chi connectivity index (χ1) is 10.7. The summed E-state index contributed by atoms with van der Waals surface area (Å²) in [4.78, 5) is 14.1. The summed E-state index contributed by atoms with van der Waals surface area (Å²) in [6.45, 7) is 3.59. The van der Waals surface area contributed by atoms with Crippen LogP contribution in [0, 0.1) is 5.92 Å². The van der Waals surface area contributed by atoms with E-state index in [2.05, 4.69) is 25.1 Å². The first kappa shape index (κ1) is 15.5. The molecule has 0 radical (unpaired) electrons. The summed E-state index contributed by atoms with van der Waals surface area (Å²) in [6, 6.07) is 6.79. The molecule has 0 aromatic heterocycles. The molecule has 1 atom stereocenters. The average Bonchev–Trinajstić information content (AvgIpc) is 2.98. The van der Waals surface area contributed by atoms with E-state index < -0.39 is 0 Å². The fourth-order valence-corrected chi connectivity index (χ4v) is 3.94. The van der Waals surface area contributed by atoms with Crippen molar-refractivity contribution in [1.29, 1.82) is 0 Å². The quantitative estimate of drug-likeness (QED) is 0.916. The molecule has 1 heterocycles. The summed E-state index contributed by atoms with van der Waals surface area (Å²) in [5, 5.41) is 0. The predicted octanol–water partition coefficient (Wildman–Crippen LogP) is 3.91. The van der Waals surface area contributed by atoms with Crippen molar-refractivity contribution in [1.82, 2.24) is 4.90 Å². The maximum absolute atomic E-state index is 12.1. The van der Waals surface area contributed by atoms with E-state index in [1.807, 2.05) is 4.90 Å². The molecule has 1 amide bonds. The lowest BCUT2D eigenvalue weighted by Gasteiger charge is -2.28. The van der Waals surface area contributed by atoms with Gasteiger partial charge in [-0.25, -0.2) is 0 Å². The fraction of sp³-hybridized carbons (Fsp3) is 0.632. The van der Waals surface area contributed by atoms with Crippen molar-refractivity contribution in [3.8, 4) is 0 Å². The maximum Gasteiger partial charge on any atom is 0.223 e. The molecule has 3 rings (SSSR count). The Kier molecular flexibility index (Phi) is 4.82. The lowest BCUT2D eigenvalue weighted by molar-refractivity contribution is -0.131. The van der Waals surface area contributed by atoms with Crippen LogP contribution in [0.15, 0.2) is 18.2 Å². The lowest BCUT2D eigenvalue weighted by atomic mass is 9.81. The van der Waals surface area contributed by atoms with Crippen molar-refractivity contribution in [2.45, 2.75) is 71.0 Å². The number of rotatable bonds is 4. The van der Waals surface area contributed by atoms with Crippen LogP contribution in [-0.4, -0.2) is 10.8 Å². The van der Waals surface area contributed by atoms with E-state index in [4.69, 9.17) is 5.73 Å². The number of fused-ring (bicyclic) bond motifs is 1. The van der Waals surface area contributed by atoms with Gasteiger partial charge >= 0.3 is 0 Å². The van der Waals surface area contributed by atoms with Gasteiger partial charge in [0, 0.05) is 25.6 Å². The second kappa shape index (κ2) is 6.82. The minimum atomic E-state index is 0.158. The Balaban J connectivity index is 1.70. The van der Waals surface area contributed by atoms with E-state index >= 15 is 0 Å². The van der Waals surface area contributed by atoms with E-state index in [1.54, 1.807) is 0 Å². The molecule has 0 bridgehead atoms. The Morgan fingerprint density at radius 3 is 2.68 bits per heavy atom. The second-order valence-corrected chi connectivity index (χ2v) is 6.95. The summed E-state index contributed by atoms with van der Waals surface area (Å²) in [7, 11) is 0. The maximum atomic E-state index is 12.1. The van der Waals surface area contributed by atoms with E-state index in [0.29, 0.717) is 12.3 Å². The van der Waals surface area contributed by atoms with Gasteiger partial charge in [0.25, 0.3) is 0 Å². The molecule has 0 spiro atoms. The number of hydrogen-bond donors (Lipinski definition) is 1. The van der Waals surface area contributed by atoms with Gasteiger partial charge in [0.15, 0.2) is 0 Å². The fourth-order valence-electron chi connectivity index (χ4n) is 3.94. The molecule has 2 aliphatic rings. The number of nitrogens with two attached hydrogens (primary N) is 1. The highest BCUT2D eigenvalue weighted by atomic mass is 16.2. The largest absolute Gasteiger partial charge is 0.334 e. The Labute approximate surface area is 133 Å². The van der Waals surface area contributed by atoms with Crippen molar-refractivity contribution < 1.29 is 4.79 Å². The molecule has 1 aromatic rings. The lowest BCUT2D eigenvalue weighted by Crippen LogP contribution is -2.24. The minimum Gasteiger partial charge on any atom is -0.334 e. The molecule has 0 saturated heterocycles. The molecule has 1 aliphatic heterocycles. The average molecular weight is 300 g/mol. The Morgan fingerprint density at radius 2 is 1.95 bits per heavy atom. The zero-order valence-corrected chi connectivity index (χ0v) is 13.7. The number of carbonyl (C=O) groups is 1.